The number of nitrogens with zero attached hydrogens (tertiary/aromatic N) is 2. The molecule has 0 radical (unpaired) electrons. The standard InChI is InChI=1S/C24H25FN2O4/c1-24(2,3)31-23(28)27(4)21-16-15-18(22(25)26-21)10-6-7-11-20-13-8-12-19(29-5)14-9-17-30-20/h7-9,11-17H,1-5H3/b11-7+,12-8?,17-9?,19-14?,20-13?. The lowest BCUT2D eigenvalue weighted by Crippen LogP contribution is -2.34. The number of ether oxygens (including phenoxy) is 2. The zero-order chi connectivity index (χ0) is 22.9. The van der Waals surface area contributed by atoms with Gasteiger partial charge in [-0.3, -0.25) is 4.90 Å². The Morgan fingerprint density at radius 2 is 1.94 bits per heavy atom. The van der Waals surface area contributed by atoms with Crippen molar-refractivity contribution in [1.29, 1.82) is 0 Å². The molecule has 2 aromatic heterocycles. The third-order valence-corrected chi connectivity index (χ3v) is 3.68. The highest BCUT2D eigenvalue weighted by molar-refractivity contribution is 5.86. The molecule has 0 aliphatic rings. The van der Waals surface area contributed by atoms with E-state index in [0.717, 1.165) is 4.90 Å². The largest absolute Gasteiger partial charge is 0.497 e. The van der Waals surface area contributed by atoms with Gasteiger partial charge in [-0.15, -0.1) is 0 Å². The number of aromatic nitrogens is 1. The van der Waals surface area contributed by atoms with Gasteiger partial charge in [-0.2, -0.15) is 4.39 Å². The molecule has 7 heteroatoms. The highest BCUT2D eigenvalue weighted by Gasteiger charge is 2.21. The fourth-order valence-electron chi connectivity index (χ4n) is 2.19. The van der Waals surface area contributed by atoms with Crippen LogP contribution < -0.4 is 9.64 Å². The summed E-state index contributed by atoms with van der Waals surface area (Å²) in [6, 6.07) is 11.7. The number of allylic oxidation sites excluding steroid dienone is 1. The smallest absolute Gasteiger partial charge is 0.415 e. The zero-order valence-electron chi connectivity index (χ0n) is 18.2. The fourth-order valence-corrected chi connectivity index (χ4v) is 2.19. The third-order valence-electron chi connectivity index (χ3n) is 3.68. The maximum Gasteiger partial charge on any atom is 0.415 e. The minimum absolute atomic E-state index is 0.101. The predicted molar refractivity (Wildman–Crippen MR) is 118 cm³/mol. The van der Waals surface area contributed by atoms with Gasteiger partial charge in [0.05, 0.1) is 18.9 Å². The van der Waals surface area contributed by atoms with Crippen LogP contribution in [0.2, 0.25) is 0 Å². The molecule has 0 spiro atoms. The van der Waals surface area contributed by atoms with Gasteiger partial charge in [0.15, 0.2) is 0 Å². The first kappa shape index (κ1) is 23.5. The van der Waals surface area contributed by atoms with Crippen LogP contribution in [0.4, 0.5) is 15.0 Å². The molecule has 0 aliphatic heterocycles. The second kappa shape index (κ2) is 10.8. The van der Waals surface area contributed by atoms with Crippen molar-refractivity contribution in [1.82, 2.24) is 4.98 Å². The minimum Gasteiger partial charge on any atom is -0.497 e. The average molecular weight is 424 g/mol. The molecule has 6 nitrogen and oxygen atoms in total. The van der Waals surface area contributed by atoms with Crippen molar-refractivity contribution in [3.05, 3.63) is 72.1 Å². The Kier molecular flexibility index (Phi) is 8.21. The molecule has 0 unspecified atom stereocenters. The fraction of sp³-hybridized carbons (Fsp3) is 0.250. The summed E-state index contributed by atoms with van der Waals surface area (Å²) in [4.78, 5) is 17.0. The van der Waals surface area contributed by atoms with Crippen LogP contribution >= 0.6 is 0 Å². The Bertz CT molecular complexity index is 1060. The second-order valence-corrected chi connectivity index (χ2v) is 7.30. The van der Waals surface area contributed by atoms with Crippen molar-refractivity contribution in [3.63, 3.8) is 0 Å². The number of halogens is 1. The number of carbonyl (C=O) groups is 1. The molecule has 0 fully saturated rings. The SMILES string of the molecule is COc1cccoc(/C=C/C#Cc2ccc(N(C)C(=O)OC(C)(C)C)nc2F)ccc1. The van der Waals surface area contributed by atoms with Crippen LogP contribution in [0.25, 0.3) is 6.08 Å². The Morgan fingerprint density at radius 1 is 1.19 bits per heavy atom. The molecule has 2 rings (SSSR count). The van der Waals surface area contributed by atoms with Crippen molar-refractivity contribution in [2.24, 2.45) is 0 Å². The van der Waals surface area contributed by atoms with Gasteiger partial charge < -0.3 is 13.9 Å². The summed E-state index contributed by atoms with van der Waals surface area (Å²) in [5.41, 5.74) is -0.561. The molecule has 1 amide bonds. The summed E-state index contributed by atoms with van der Waals surface area (Å²) < 4.78 is 30.2. The zero-order valence-corrected chi connectivity index (χ0v) is 18.2. The molecule has 0 aromatic carbocycles. The van der Waals surface area contributed by atoms with E-state index < -0.39 is 17.6 Å². The first-order valence-corrected chi connectivity index (χ1v) is 9.47. The van der Waals surface area contributed by atoms with Crippen molar-refractivity contribution >= 4 is 18.0 Å². The van der Waals surface area contributed by atoms with Crippen LogP contribution in [-0.2, 0) is 4.74 Å². The minimum atomic E-state index is -0.782. The van der Waals surface area contributed by atoms with E-state index >= 15 is 0 Å². The van der Waals surface area contributed by atoms with Crippen molar-refractivity contribution < 1.29 is 23.1 Å². The first-order valence-electron chi connectivity index (χ1n) is 9.47. The summed E-state index contributed by atoms with van der Waals surface area (Å²) in [5, 5.41) is 0. The van der Waals surface area contributed by atoms with Crippen LogP contribution in [0.5, 0.6) is 5.75 Å². The lowest BCUT2D eigenvalue weighted by atomic mass is 10.2. The Hall–Kier alpha value is -3.79. The Balaban J connectivity index is 2.13. The Labute approximate surface area is 181 Å². The molecule has 162 valence electrons. The lowest BCUT2D eigenvalue weighted by Gasteiger charge is -2.24. The summed E-state index contributed by atoms with van der Waals surface area (Å²) in [6.07, 6.45) is 4.07. The Morgan fingerprint density at radius 3 is 2.61 bits per heavy atom. The van der Waals surface area contributed by atoms with Crippen LogP contribution in [0, 0.1) is 17.8 Å². The normalized spacial score (nSPS) is 10.6. The number of anilines is 1. The van der Waals surface area contributed by atoms with Crippen LogP contribution in [0.3, 0.4) is 0 Å². The van der Waals surface area contributed by atoms with Gasteiger partial charge in [0.1, 0.15) is 22.9 Å². The van der Waals surface area contributed by atoms with Gasteiger partial charge in [0.2, 0.25) is 5.95 Å². The molecule has 0 aliphatic carbocycles. The highest BCUT2D eigenvalue weighted by atomic mass is 19.1. The van der Waals surface area contributed by atoms with E-state index in [0.29, 0.717) is 11.5 Å². The third kappa shape index (κ3) is 7.86. The molecule has 0 saturated carbocycles. The number of rotatable bonds is 3. The molecular weight excluding hydrogens is 399 g/mol. The maximum absolute atomic E-state index is 14.3. The number of hydrogen-bond donors (Lipinski definition) is 0. The number of methoxy groups -OCH3 is 1. The quantitative estimate of drug-likeness (QED) is 0.489. The van der Waals surface area contributed by atoms with Gasteiger partial charge in [-0.1, -0.05) is 17.9 Å². The lowest BCUT2D eigenvalue weighted by molar-refractivity contribution is 0.0588. The molecule has 2 heterocycles. The number of carbonyl (C=O) groups excluding carboxylic acids is 1. The van der Waals surface area contributed by atoms with Crippen LogP contribution in [-0.4, -0.2) is 30.8 Å². The number of pyridine rings is 1. The van der Waals surface area contributed by atoms with Crippen molar-refractivity contribution in [3.8, 4) is 17.6 Å². The van der Waals surface area contributed by atoms with Gasteiger partial charge in [0.25, 0.3) is 0 Å². The summed E-state index contributed by atoms with van der Waals surface area (Å²) in [6.45, 7) is 5.25. The predicted octanol–water partition coefficient (Wildman–Crippen LogP) is 5.38. The number of hydrogen-bond acceptors (Lipinski definition) is 5. The first-order chi connectivity index (χ1) is 14.7. The average Bonchev–Trinajstić information content (AvgIpc) is 2.82. The molecular formula is C24H25FN2O4. The van der Waals surface area contributed by atoms with E-state index in [1.165, 1.54) is 31.5 Å². The maximum atomic E-state index is 14.3. The molecule has 0 saturated heterocycles. The monoisotopic (exact) mass is 424 g/mol. The van der Waals surface area contributed by atoms with Crippen molar-refractivity contribution in [2.45, 2.75) is 26.4 Å². The van der Waals surface area contributed by atoms with E-state index in [2.05, 4.69) is 16.8 Å². The summed E-state index contributed by atoms with van der Waals surface area (Å²) in [7, 11) is 3.04. The highest BCUT2D eigenvalue weighted by Crippen LogP contribution is 2.16. The molecule has 0 bridgehead atoms. The summed E-state index contributed by atoms with van der Waals surface area (Å²) >= 11 is 0. The van der Waals surface area contributed by atoms with Gasteiger partial charge in [-0.05, 0) is 69.3 Å². The van der Waals surface area contributed by atoms with Crippen LogP contribution in [0.1, 0.15) is 32.1 Å². The van der Waals surface area contributed by atoms with E-state index in [1.54, 1.807) is 64.3 Å². The van der Waals surface area contributed by atoms with E-state index in [1.807, 2.05) is 0 Å². The van der Waals surface area contributed by atoms with Gasteiger partial charge >= 0.3 is 6.09 Å². The molecule has 0 atom stereocenters. The molecule has 2 aromatic rings. The second-order valence-electron chi connectivity index (χ2n) is 7.30. The van der Waals surface area contributed by atoms with Gasteiger partial charge in [-0.25, -0.2) is 9.78 Å². The van der Waals surface area contributed by atoms with Crippen molar-refractivity contribution in [2.75, 3.05) is 19.1 Å². The number of amides is 1. The van der Waals surface area contributed by atoms with Crippen LogP contribution in [0.15, 0.2) is 59.2 Å². The topological polar surface area (TPSA) is 64.8 Å². The van der Waals surface area contributed by atoms with Gasteiger partial charge in [0, 0.05) is 7.05 Å². The summed E-state index contributed by atoms with van der Waals surface area (Å²) in [5.74, 6) is 6.00. The molecule has 31 heavy (non-hydrogen) atoms. The van der Waals surface area contributed by atoms with E-state index in [4.69, 9.17) is 13.9 Å². The van der Waals surface area contributed by atoms with E-state index in [9.17, 15) is 9.18 Å². The van der Waals surface area contributed by atoms with E-state index in [-0.39, 0.29) is 11.4 Å². The molecule has 0 N–H and O–H groups in total.